The summed E-state index contributed by atoms with van der Waals surface area (Å²) >= 11 is 0. The molecule has 7 nitrogen and oxygen atoms in total. The number of ether oxygens (including phenoxy) is 1. The molecule has 3 N–H and O–H groups in total. The fraction of sp³-hybridized carbons (Fsp3) is 0.308. The zero-order valence-corrected chi connectivity index (χ0v) is 11.5. The number of anilines is 2. The number of esters is 1. The van der Waals surface area contributed by atoms with Crippen LogP contribution in [0.5, 0.6) is 0 Å². The molecule has 0 saturated carbocycles. The second-order valence-corrected chi connectivity index (χ2v) is 4.33. The van der Waals surface area contributed by atoms with Gasteiger partial charge in [0.1, 0.15) is 12.2 Å². The van der Waals surface area contributed by atoms with Crippen molar-refractivity contribution in [2.75, 3.05) is 24.7 Å². The number of methoxy groups -OCH3 is 1. The zero-order valence-electron chi connectivity index (χ0n) is 11.5. The second-order valence-electron chi connectivity index (χ2n) is 4.33. The highest BCUT2D eigenvalue weighted by atomic mass is 16.5. The van der Waals surface area contributed by atoms with Gasteiger partial charge < -0.3 is 20.4 Å². The minimum Gasteiger partial charge on any atom is -0.465 e. The Morgan fingerprint density at radius 3 is 2.90 bits per heavy atom. The monoisotopic (exact) mass is 275 g/mol. The van der Waals surface area contributed by atoms with Crippen molar-refractivity contribution >= 4 is 17.3 Å². The Morgan fingerprint density at radius 1 is 1.50 bits per heavy atom. The number of carbonyl (C=O) groups is 1. The van der Waals surface area contributed by atoms with Gasteiger partial charge in [0.2, 0.25) is 0 Å². The van der Waals surface area contributed by atoms with E-state index in [-0.39, 0.29) is 0 Å². The summed E-state index contributed by atoms with van der Waals surface area (Å²) < 4.78 is 6.51. The van der Waals surface area contributed by atoms with Crippen molar-refractivity contribution in [2.24, 2.45) is 7.05 Å². The number of nitrogen functional groups attached to an aromatic ring is 1. The molecule has 1 heterocycles. The number of hydrogen-bond donors (Lipinski definition) is 2. The van der Waals surface area contributed by atoms with E-state index in [2.05, 4.69) is 20.3 Å². The summed E-state index contributed by atoms with van der Waals surface area (Å²) in [5.74, 6) is 0.490. The van der Waals surface area contributed by atoms with E-state index in [1.54, 1.807) is 24.5 Å². The highest BCUT2D eigenvalue weighted by molar-refractivity contribution is 5.91. The quantitative estimate of drug-likeness (QED) is 0.620. The summed E-state index contributed by atoms with van der Waals surface area (Å²) in [4.78, 5) is 11.4. The molecule has 1 aromatic heterocycles. The van der Waals surface area contributed by atoms with E-state index in [1.807, 2.05) is 11.6 Å². The third-order valence-electron chi connectivity index (χ3n) is 2.94. The molecule has 7 heteroatoms. The van der Waals surface area contributed by atoms with Crippen LogP contribution in [0.1, 0.15) is 16.2 Å². The van der Waals surface area contributed by atoms with E-state index in [0.29, 0.717) is 17.8 Å². The van der Waals surface area contributed by atoms with E-state index in [1.165, 1.54) is 7.11 Å². The Bertz CT molecular complexity index is 609. The number of aromatic nitrogens is 3. The molecule has 0 atom stereocenters. The van der Waals surface area contributed by atoms with Crippen LogP contribution in [-0.2, 0) is 18.2 Å². The van der Waals surface area contributed by atoms with Crippen LogP contribution < -0.4 is 11.1 Å². The van der Waals surface area contributed by atoms with Crippen molar-refractivity contribution < 1.29 is 9.53 Å². The predicted octanol–water partition coefficient (Wildman–Crippen LogP) is 0.838. The molecule has 0 bridgehead atoms. The summed E-state index contributed by atoms with van der Waals surface area (Å²) in [7, 11) is 3.24. The summed E-state index contributed by atoms with van der Waals surface area (Å²) in [6, 6.07) is 5.03. The highest BCUT2D eigenvalue weighted by Gasteiger charge is 2.08. The fourth-order valence-corrected chi connectivity index (χ4v) is 1.81. The third-order valence-corrected chi connectivity index (χ3v) is 2.94. The Morgan fingerprint density at radius 2 is 2.30 bits per heavy atom. The van der Waals surface area contributed by atoms with E-state index in [0.717, 1.165) is 17.9 Å². The van der Waals surface area contributed by atoms with Crippen molar-refractivity contribution in [3.8, 4) is 0 Å². The molecule has 0 aliphatic rings. The summed E-state index contributed by atoms with van der Waals surface area (Å²) in [5.41, 5.74) is 7.62. The maximum absolute atomic E-state index is 11.4. The molecule has 0 radical (unpaired) electrons. The first kappa shape index (κ1) is 13.9. The summed E-state index contributed by atoms with van der Waals surface area (Å²) in [6.07, 6.45) is 2.39. The normalized spacial score (nSPS) is 10.3. The van der Waals surface area contributed by atoms with Gasteiger partial charge in [-0.3, -0.25) is 0 Å². The Balaban J connectivity index is 1.96. The van der Waals surface area contributed by atoms with Crippen molar-refractivity contribution in [3.63, 3.8) is 0 Å². The van der Waals surface area contributed by atoms with Crippen LogP contribution in [0.4, 0.5) is 11.4 Å². The molecule has 0 aliphatic heterocycles. The molecular weight excluding hydrogens is 258 g/mol. The topological polar surface area (TPSA) is 95.1 Å². The molecule has 20 heavy (non-hydrogen) atoms. The van der Waals surface area contributed by atoms with E-state index < -0.39 is 5.97 Å². The van der Waals surface area contributed by atoms with Crippen LogP contribution in [0.3, 0.4) is 0 Å². The molecule has 2 aromatic rings. The number of aryl methyl sites for hydroxylation is 1. The van der Waals surface area contributed by atoms with E-state index in [9.17, 15) is 4.79 Å². The summed E-state index contributed by atoms with van der Waals surface area (Å²) in [6.45, 7) is 0.675. The lowest BCUT2D eigenvalue weighted by Gasteiger charge is -2.10. The molecule has 0 fully saturated rings. The van der Waals surface area contributed by atoms with Crippen molar-refractivity contribution in [1.29, 1.82) is 0 Å². The lowest BCUT2D eigenvalue weighted by Crippen LogP contribution is -2.10. The lowest BCUT2D eigenvalue weighted by molar-refractivity contribution is 0.0601. The van der Waals surface area contributed by atoms with Gasteiger partial charge in [-0.1, -0.05) is 0 Å². The molecule has 1 aromatic carbocycles. The molecule has 2 rings (SSSR count). The molecule has 0 amide bonds. The number of nitrogens with zero attached hydrogens (tertiary/aromatic N) is 3. The van der Waals surface area contributed by atoms with Gasteiger partial charge in [-0.2, -0.15) is 0 Å². The van der Waals surface area contributed by atoms with Gasteiger partial charge in [0.25, 0.3) is 0 Å². The minimum atomic E-state index is -0.401. The van der Waals surface area contributed by atoms with Crippen molar-refractivity contribution in [1.82, 2.24) is 14.8 Å². The molecule has 0 spiro atoms. The zero-order chi connectivity index (χ0) is 14.5. The highest BCUT2D eigenvalue weighted by Crippen LogP contribution is 2.20. The lowest BCUT2D eigenvalue weighted by atomic mass is 10.1. The standard InChI is InChI=1S/C13H17N5O2/c1-18-8-16-17-12(18)5-6-15-11-4-3-9(7-10(11)14)13(19)20-2/h3-4,7-8,15H,5-6,14H2,1-2H3. The maximum atomic E-state index is 11.4. The second kappa shape index (κ2) is 6.05. The molecule has 0 aliphatic carbocycles. The SMILES string of the molecule is COC(=O)c1ccc(NCCc2nncn2C)c(N)c1. The Hall–Kier alpha value is -2.57. The first-order valence-corrected chi connectivity index (χ1v) is 6.16. The van der Waals surface area contributed by atoms with Crippen molar-refractivity contribution in [2.45, 2.75) is 6.42 Å². The number of nitrogens with two attached hydrogens (primary N) is 1. The first-order chi connectivity index (χ1) is 9.61. The maximum Gasteiger partial charge on any atom is 0.337 e. The van der Waals surface area contributed by atoms with Gasteiger partial charge in [0.05, 0.1) is 24.0 Å². The Kier molecular flexibility index (Phi) is 4.19. The van der Waals surface area contributed by atoms with Crippen LogP contribution in [0.25, 0.3) is 0 Å². The van der Waals surface area contributed by atoms with Gasteiger partial charge >= 0.3 is 5.97 Å². The number of nitrogens with one attached hydrogen (secondary N) is 1. The number of hydrogen-bond acceptors (Lipinski definition) is 6. The summed E-state index contributed by atoms with van der Waals surface area (Å²) in [5, 5.41) is 11.0. The molecular formula is C13H17N5O2. The van der Waals surface area contributed by atoms with Gasteiger partial charge in [-0.15, -0.1) is 10.2 Å². The fourth-order valence-electron chi connectivity index (χ4n) is 1.81. The van der Waals surface area contributed by atoms with Crippen LogP contribution in [0.2, 0.25) is 0 Å². The Labute approximate surface area is 116 Å². The average molecular weight is 275 g/mol. The van der Waals surface area contributed by atoms with Gasteiger partial charge in [-0.25, -0.2) is 4.79 Å². The van der Waals surface area contributed by atoms with Gasteiger partial charge in [0, 0.05) is 20.0 Å². The average Bonchev–Trinajstić information content (AvgIpc) is 2.85. The van der Waals surface area contributed by atoms with Crippen LogP contribution in [0.15, 0.2) is 24.5 Å². The molecule has 106 valence electrons. The van der Waals surface area contributed by atoms with Gasteiger partial charge in [0.15, 0.2) is 0 Å². The van der Waals surface area contributed by atoms with Crippen LogP contribution in [0, 0.1) is 0 Å². The molecule has 0 saturated heterocycles. The smallest absolute Gasteiger partial charge is 0.337 e. The minimum absolute atomic E-state index is 0.401. The predicted molar refractivity (Wildman–Crippen MR) is 75.4 cm³/mol. The number of benzene rings is 1. The number of rotatable bonds is 5. The largest absolute Gasteiger partial charge is 0.465 e. The van der Waals surface area contributed by atoms with Crippen LogP contribution >= 0.6 is 0 Å². The van der Waals surface area contributed by atoms with E-state index >= 15 is 0 Å². The van der Waals surface area contributed by atoms with Crippen LogP contribution in [-0.4, -0.2) is 34.4 Å². The first-order valence-electron chi connectivity index (χ1n) is 6.16. The van der Waals surface area contributed by atoms with E-state index in [4.69, 9.17) is 5.73 Å². The van der Waals surface area contributed by atoms with Crippen molar-refractivity contribution in [3.05, 3.63) is 35.9 Å². The molecule has 0 unspecified atom stereocenters. The van der Waals surface area contributed by atoms with Gasteiger partial charge in [-0.05, 0) is 18.2 Å². The third kappa shape index (κ3) is 3.05. The number of carbonyl (C=O) groups excluding carboxylic acids is 1.